The van der Waals surface area contributed by atoms with Gasteiger partial charge < -0.3 is 24.0 Å². The van der Waals surface area contributed by atoms with Crippen LogP contribution in [-0.2, 0) is 18.4 Å². The van der Waals surface area contributed by atoms with Gasteiger partial charge in [0, 0.05) is 6.92 Å². The zero-order valence-electron chi connectivity index (χ0n) is 18.7. The molecule has 0 aromatic rings. The molecule has 0 spiro atoms. The first-order valence-corrected chi connectivity index (χ1v) is 12.9. The Balaban J connectivity index is 1.99. The van der Waals surface area contributed by atoms with Crippen LogP contribution in [0.15, 0.2) is 0 Å². The van der Waals surface area contributed by atoms with E-state index in [2.05, 4.69) is 12.2 Å². The lowest BCUT2D eigenvalue weighted by molar-refractivity contribution is -0.121. The number of unbranched alkanes of at least 4 members (excludes halogenated alkanes) is 12. The Labute approximate surface area is 179 Å². The van der Waals surface area contributed by atoms with Crippen LogP contribution in [0.25, 0.3) is 0 Å². The minimum atomic E-state index is -1.32. The van der Waals surface area contributed by atoms with Gasteiger partial charge in [0.2, 0.25) is 5.91 Å². The fraction of sp³-hybridized carbons (Fsp3) is 0.955. The highest BCUT2D eigenvalue weighted by atomic mass is 31.2. The van der Waals surface area contributed by atoms with Gasteiger partial charge in [-0.1, -0.05) is 90.4 Å². The van der Waals surface area contributed by atoms with Crippen LogP contribution in [-0.4, -0.2) is 43.0 Å². The van der Waals surface area contributed by atoms with Crippen molar-refractivity contribution in [3.8, 4) is 0 Å². The molecule has 7 heteroatoms. The van der Waals surface area contributed by atoms with Gasteiger partial charge in [0.05, 0.1) is 32.0 Å². The molecule has 1 rings (SSSR count). The Morgan fingerprint density at radius 2 is 1.41 bits per heavy atom. The second-order valence-electron chi connectivity index (χ2n) is 8.09. The van der Waals surface area contributed by atoms with Crippen molar-refractivity contribution in [3.05, 3.63) is 0 Å². The van der Waals surface area contributed by atoms with Crippen molar-refractivity contribution in [1.29, 1.82) is 0 Å². The van der Waals surface area contributed by atoms with Crippen LogP contribution in [0.5, 0.6) is 0 Å². The number of hydrogen-bond donors (Lipinski definition) is 2. The summed E-state index contributed by atoms with van der Waals surface area (Å²) >= 11 is 0. The molecule has 1 saturated heterocycles. The van der Waals surface area contributed by atoms with E-state index >= 15 is 0 Å². The average Bonchev–Trinajstić information content (AvgIpc) is 3.22. The van der Waals surface area contributed by atoms with Crippen molar-refractivity contribution in [2.75, 3.05) is 19.8 Å². The van der Waals surface area contributed by atoms with Crippen LogP contribution in [0.4, 0.5) is 0 Å². The first kappa shape index (κ1) is 26.8. The van der Waals surface area contributed by atoms with Crippen LogP contribution >= 0.6 is 8.60 Å². The molecule has 1 aliphatic rings. The summed E-state index contributed by atoms with van der Waals surface area (Å²) in [6.07, 6.45) is 17.0. The maximum atomic E-state index is 11.4. The van der Waals surface area contributed by atoms with Gasteiger partial charge in [-0.15, -0.1) is 0 Å². The molecule has 0 unspecified atom stereocenters. The summed E-state index contributed by atoms with van der Waals surface area (Å²) in [5.41, 5.74) is 0. The van der Waals surface area contributed by atoms with Gasteiger partial charge in [-0.05, 0) is 6.42 Å². The van der Waals surface area contributed by atoms with E-state index in [4.69, 9.17) is 13.6 Å². The van der Waals surface area contributed by atoms with Gasteiger partial charge in [0.25, 0.3) is 0 Å². The molecule has 0 aliphatic carbocycles. The molecule has 172 valence electrons. The van der Waals surface area contributed by atoms with Gasteiger partial charge in [0.15, 0.2) is 0 Å². The van der Waals surface area contributed by atoms with Crippen LogP contribution in [0.1, 0.15) is 104 Å². The third-order valence-corrected chi connectivity index (χ3v) is 6.44. The number of hydrogen-bond acceptors (Lipinski definition) is 5. The molecule has 2 atom stereocenters. The number of amides is 1. The van der Waals surface area contributed by atoms with Crippen LogP contribution in [0, 0.1) is 0 Å². The standard InChI is InChI=1S/C22H44NO5P/c1-3-4-5-6-7-8-9-10-11-12-13-14-15-16-22(25)21(23-20(2)24)19-28-29-26-17-18-27-29/h21-22,25H,3-19H2,1-2H3,(H,23,24)/t21-,22+/m0/s1. The van der Waals surface area contributed by atoms with Crippen molar-refractivity contribution in [2.45, 2.75) is 116 Å². The van der Waals surface area contributed by atoms with E-state index in [0.717, 1.165) is 12.8 Å². The molecule has 1 amide bonds. The average molecular weight is 434 g/mol. The summed E-state index contributed by atoms with van der Waals surface area (Å²) in [6, 6.07) is -0.417. The van der Waals surface area contributed by atoms with E-state index in [1.54, 1.807) is 0 Å². The summed E-state index contributed by atoms with van der Waals surface area (Å²) in [5, 5.41) is 13.2. The molecule has 0 bridgehead atoms. The number of carbonyl (C=O) groups is 1. The van der Waals surface area contributed by atoms with Crippen LogP contribution in [0.2, 0.25) is 0 Å². The Morgan fingerprint density at radius 1 is 0.931 bits per heavy atom. The van der Waals surface area contributed by atoms with Crippen molar-refractivity contribution in [2.24, 2.45) is 0 Å². The number of nitrogens with one attached hydrogen (secondary N) is 1. The van der Waals surface area contributed by atoms with E-state index in [1.165, 1.54) is 77.6 Å². The molecular weight excluding hydrogens is 389 g/mol. The predicted molar refractivity (Wildman–Crippen MR) is 119 cm³/mol. The fourth-order valence-electron chi connectivity index (χ4n) is 3.56. The number of carbonyl (C=O) groups excluding carboxylic acids is 1. The Kier molecular flexibility index (Phi) is 17.1. The van der Waals surface area contributed by atoms with Crippen molar-refractivity contribution in [1.82, 2.24) is 5.32 Å². The Hall–Kier alpha value is -0.260. The van der Waals surface area contributed by atoms with Gasteiger partial charge in [-0.2, -0.15) is 0 Å². The molecule has 2 N–H and O–H groups in total. The molecule has 1 aliphatic heterocycles. The van der Waals surface area contributed by atoms with E-state index in [9.17, 15) is 9.90 Å². The molecule has 1 heterocycles. The molecular formula is C22H44NO5P. The van der Waals surface area contributed by atoms with Crippen molar-refractivity contribution in [3.63, 3.8) is 0 Å². The molecule has 29 heavy (non-hydrogen) atoms. The third kappa shape index (κ3) is 15.2. The molecule has 0 saturated carbocycles. The lowest BCUT2D eigenvalue weighted by Crippen LogP contribution is -2.45. The lowest BCUT2D eigenvalue weighted by Gasteiger charge is -2.24. The van der Waals surface area contributed by atoms with Gasteiger partial charge >= 0.3 is 8.60 Å². The highest BCUT2D eigenvalue weighted by molar-refractivity contribution is 7.41. The minimum Gasteiger partial charge on any atom is -0.391 e. The number of aliphatic hydroxyl groups is 1. The largest absolute Gasteiger partial charge is 0.391 e. The molecule has 0 radical (unpaired) electrons. The molecule has 0 aromatic heterocycles. The van der Waals surface area contributed by atoms with E-state index in [1.807, 2.05) is 0 Å². The number of rotatable bonds is 19. The predicted octanol–water partition coefficient (Wildman–Crippen LogP) is 5.62. The van der Waals surface area contributed by atoms with Crippen molar-refractivity contribution < 1.29 is 23.5 Å². The summed E-state index contributed by atoms with van der Waals surface area (Å²) in [7, 11) is -1.32. The summed E-state index contributed by atoms with van der Waals surface area (Å²) in [4.78, 5) is 11.4. The second-order valence-corrected chi connectivity index (χ2v) is 9.31. The summed E-state index contributed by atoms with van der Waals surface area (Å²) in [6.45, 7) is 5.01. The monoisotopic (exact) mass is 433 g/mol. The van der Waals surface area contributed by atoms with Crippen LogP contribution in [0.3, 0.4) is 0 Å². The Bertz CT molecular complexity index is 393. The zero-order chi connectivity index (χ0) is 21.2. The molecule has 6 nitrogen and oxygen atoms in total. The first-order valence-electron chi connectivity index (χ1n) is 11.8. The normalized spacial score (nSPS) is 16.8. The van der Waals surface area contributed by atoms with E-state index in [-0.39, 0.29) is 12.5 Å². The van der Waals surface area contributed by atoms with Crippen molar-refractivity contribution >= 4 is 14.5 Å². The highest BCUT2D eigenvalue weighted by Crippen LogP contribution is 2.43. The number of aliphatic hydroxyl groups excluding tert-OH is 1. The maximum absolute atomic E-state index is 11.4. The SMILES string of the molecule is CCCCCCCCCCCCCCC[C@@H](O)[C@H](COP1OCCO1)NC(C)=O. The zero-order valence-corrected chi connectivity index (χ0v) is 19.6. The topological polar surface area (TPSA) is 77.0 Å². The van der Waals surface area contributed by atoms with Gasteiger partial charge in [0.1, 0.15) is 0 Å². The summed E-state index contributed by atoms with van der Waals surface area (Å²) < 4.78 is 16.1. The fourth-order valence-corrected chi connectivity index (χ4v) is 4.51. The minimum absolute atomic E-state index is 0.163. The van der Waals surface area contributed by atoms with Gasteiger partial charge in [-0.25, -0.2) is 0 Å². The van der Waals surface area contributed by atoms with E-state index in [0.29, 0.717) is 19.6 Å². The smallest absolute Gasteiger partial charge is 0.332 e. The first-order chi connectivity index (χ1) is 14.1. The lowest BCUT2D eigenvalue weighted by atomic mass is 10.0. The second kappa shape index (κ2) is 18.5. The third-order valence-electron chi connectivity index (χ3n) is 5.29. The quantitative estimate of drug-likeness (QED) is 0.204. The van der Waals surface area contributed by atoms with Gasteiger partial charge in [-0.3, -0.25) is 4.79 Å². The Morgan fingerprint density at radius 3 is 1.90 bits per heavy atom. The summed E-state index contributed by atoms with van der Waals surface area (Å²) in [5.74, 6) is -0.163. The molecule has 0 aromatic carbocycles. The molecule has 1 fully saturated rings. The maximum Gasteiger partial charge on any atom is 0.332 e. The highest BCUT2D eigenvalue weighted by Gasteiger charge is 2.25. The van der Waals surface area contributed by atoms with E-state index < -0.39 is 20.7 Å². The van der Waals surface area contributed by atoms with Crippen LogP contribution < -0.4 is 5.32 Å².